The molecule has 0 radical (unpaired) electrons. The van der Waals surface area contributed by atoms with Crippen molar-refractivity contribution >= 4 is 60.3 Å². The predicted octanol–water partition coefficient (Wildman–Crippen LogP) is 14.4. The third-order valence-electron chi connectivity index (χ3n) is 10.2. The van der Waals surface area contributed by atoms with Crippen LogP contribution in [0.15, 0.2) is 205 Å². The van der Waals surface area contributed by atoms with Crippen LogP contribution in [-0.4, -0.2) is 0 Å². The minimum atomic E-state index is 0.881. The number of hydrogen-bond donors (Lipinski definition) is 0. The lowest BCUT2D eigenvalue weighted by atomic mass is 9.97. The molecule has 1 aromatic heterocycles. The second-order valence-corrected chi connectivity index (χ2v) is 13.4. The normalized spacial score (nSPS) is 11.5. The van der Waals surface area contributed by atoms with Crippen LogP contribution < -0.4 is 4.90 Å². The highest BCUT2D eigenvalue weighted by Crippen LogP contribution is 2.43. The maximum atomic E-state index is 6.20. The van der Waals surface area contributed by atoms with Crippen LogP contribution in [0.3, 0.4) is 0 Å². The zero-order chi connectivity index (χ0) is 34.4. The summed E-state index contributed by atoms with van der Waals surface area (Å²) in [7, 11) is 0. The van der Waals surface area contributed by atoms with Crippen LogP contribution in [-0.2, 0) is 0 Å². The SMILES string of the molecule is c1ccc(-c2ccccc2N(c2ccc3cc(-c4cccc(-c5cc6ccccc6o5)c4)ccc3c2)c2ccc3c(ccc4ccccc43)c2)cc1. The molecule has 0 fully saturated rings. The first-order valence-corrected chi connectivity index (χ1v) is 17.7. The zero-order valence-corrected chi connectivity index (χ0v) is 28.4. The quantitative estimate of drug-likeness (QED) is 0.165. The Hall–Kier alpha value is -6.90. The van der Waals surface area contributed by atoms with Crippen LogP contribution in [0.4, 0.5) is 17.1 Å². The van der Waals surface area contributed by atoms with Crippen LogP contribution >= 0.6 is 0 Å². The number of nitrogens with zero attached hydrogens (tertiary/aromatic N) is 1. The number of hydrogen-bond acceptors (Lipinski definition) is 2. The average molecular weight is 664 g/mol. The van der Waals surface area contributed by atoms with E-state index in [2.05, 4.69) is 187 Å². The predicted molar refractivity (Wildman–Crippen MR) is 220 cm³/mol. The lowest BCUT2D eigenvalue weighted by Gasteiger charge is -2.28. The first-order valence-electron chi connectivity index (χ1n) is 17.7. The van der Waals surface area contributed by atoms with Gasteiger partial charge in [-0.15, -0.1) is 0 Å². The second kappa shape index (κ2) is 12.5. The molecular formula is C50H33NO. The molecule has 244 valence electrons. The summed E-state index contributed by atoms with van der Waals surface area (Å²) >= 11 is 0. The fourth-order valence-corrected chi connectivity index (χ4v) is 7.63. The number of rotatable bonds is 6. The van der Waals surface area contributed by atoms with Gasteiger partial charge in [0, 0.05) is 27.9 Å². The van der Waals surface area contributed by atoms with Crippen LogP contribution in [0.1, 0.15) is 0 Å². The summed E-state index contributed by atoms with van der Waals surface area (Å²) in [4.78, 5) is 2.40. The van der Waals surface area contributed by atoms with Crippen LogP contribution in [0.5, 0.6) is 0 Å². The second-order valence-electron chi connectivity index (χ2n) is 13.4. The number of benzene rings is 9. The van der Waals surface area contributed by atoms with Gasteiger partial charge < -0.3 is 9.32 Å². The molecule has 0 amide bonds. The summed E-state index contributed by atoms with van der Waals surface area (Å²) in [6.45, 7) is 0. The fourth-order valence-electron chi connectivity index (χ4n) is 7.63. The van der Waals surface area contributed by atoms with Gasteiger partial charge in [0.15, 0.2) is 0 Å². The van der Waals surface area contributed by atoms with Crippen LogP contribution in [0.25, 0.3) is 76.9 Å². The Labute approximate surface area is 302 Å². The minimum absolute atomic E-state index is 0.881. The molecule has 0 spiro atoms. The van der Waals surface area contributed by atoms with E-state index in [-0.39, 0.29) is 0 Å². The first-order chi connectivity index (χ1) is 25.7. The third-order valence-corrected chi connectivity index (χ3v) is 10.2. The van der Waals surface area contributed by atoms with Crippen molar-refractivity contribution in [1.82, 2.24) is 0 Å². The number of anilines is 3. The summed E-state index contributed by atoms with van der Waals surface area (Å²) in [5.41, 5.74) is 10.0. The lowest BCUT2D eigenvalue weighted by molar-refractivity contribution is 0.631. The van der Waals surface area contributed by atoms with Crippen molar-refractivity contribution < 1.29 is 4.42 Å². The van der Waals surface area contributed by atoms with Gasteiger partial charge in [0.2, 0.25) is 0 Å². The first kappa shape index (κ1) is 30.0. The molecule has 0 saturated heterocycles. The van der Waals surface area contributed by atoms with Crippen molar-refractivity contribution in [2.45, 2.75) is 0 Å². The van der Waals surface area contributed by atoms with E-state index < -0.39 is 0 Å². The van der Waals surface area contributed by atoms with E-state index in [9.17, 15) is 0 Å². The Morgan fingerprint density at radius 3 is 1.85 bits per heavy atom. The summed E-state index contributed by atoms with van der Waals surface area (Å²) in [6, 6.07) is 71.8. The standard InChI is InChI=1S/C50H33NO/c1-2-11-34(12-3-1)47-18-7-8-19-48(47)51(44-27-28-46-40(32-44)24-21-35-13-4-6-17-45(35)46)43-26-25-38-29-37(22-23-39(38)31-43)36-15-10-16-41(30-36)50-33-42-14-5-9-20-49(42)52-50/h1-33H. The van der Waals surface area contributed by atoms with Crippen molar-refractivity contribution in [3.63, 3.8) is 0 Å². The molecule has 10 aromatic rings. The topological polar surface area (TPSA) is 16.4 Å². The van der Waals surface area contributed by atoms with Gasteiger partial charge in [-0.05, 0) is 104 Å². The Kier molecular flexibility index (Phi) is 7.18. The summed E-state index contributed by atoms with van der Waals surface area (Å²) in [6.07, 6.45) is 0. The van der Waals surface area contributed by atoms with Crippen molar-refractivity contribution in [2.24, 2.45) is 0 Å². The molecule has 1 heterocycles. The van der Waals surface area contributed by atoms with Crippen molar-refractivity contribution in [3.05, 3.63) is 200 Å². The van der Waals surface area contributed by atoms with Gasteiger partial charge in [-0.25, -0.2) is 0 Å². The maximum Gasteiger partial charge on any atom is 0.135 e. The highest BCUT2D eigenvalue weighted by molar-refractivity contribution is 6.09. The van der Waals surface area contributed by atoms with E-state index in [0.717, 1.165) is 44.9 Å². The van der Waals surface area contributed by atoms with Gasteiger partial charge in [-0.1, -0.05) is 146 Å². The molecule has 9 aromatic carbocycles. The molecule has 0 atom stereocenters. The summed E-state index contributed by atoms with van der Waals surface area (Å²) in [5.74, 6) is 0.881. The third kappa shape index (κ3) is 5.30. The highest BCUT2D eigenvalue weighted by Gasteiger charge is 2.18. The van der Waals surface area contributed by atoms with Crippen LogP contribution in [0, 0.1) is 0 Å². The summed E-state index contributed by atoms with van der Waals surface area (Å²) < 4.78 is 6.20. The van der Waals surface area contributed by atoms with Crippen molar-refractivity contribution in [1.29, 1.82) is 0 Å². The molecule has 0 aliphatic heterocycles. The molecule has 0 saturated carbocycles. The minimum Gasteiger partial charge on any atom is -0.456 e. The van der Waals surface area contributed by atoms with E-state index in [1.54, 1.807) is 0 Å². The molecule has 0 unspecified atom stereocenters. The Balaban J connectivity index is 1.08. The number of para-hydroxylation sites is 2. The number of fused-ring (bicyclic) bond motifs is 5. The van der Waals surface area contributed by atoms with E-state index in [4.69, 9.17) is 4.42 Å². The summed E-state index contributed by atoms with van der Waals surface area (Å²) in [5, 5.41) is 8.49. The van der Waals surface area contributed by atoms with E-state index in [1.165, 1.54) is 49.0 Å². The monoisotopic (exact) mass is 663 g/mol. The van der Waals surface area contributed by atoms with Gasteiger partial charge in [0.25, 0.3) is 0 Å². The maximum absolute atomic E-state index is 6.20. The fraction of sp³-hybridized carbons (Fsp3) is 0. The molecule has 0 bridgehead atoms. The molecular weight excluding hydrogens is 631 g/mol. The van der Waals surface area contributed by atoms with Gasteiger partial charge in [0.05, 0.1) is 5.69 Å². The van der Waals surface area contributed by atoms with E-state index in [1.807, 2.05) is 18.2 Å². The van der Waals surface area contributed by atoms with Gasteiger partial charge in [-0.3, -0.25) is 0 Å². The average Bonchev–Trinajstić information content (AvgIpc) is 3.66. The molecule has 0 N–H and O–H groups in total. The number of furan rings is 1. The zero-order valence-electron chi connectivity index (χ0n) is 28.4. The van der Waals surface area contributed by atoms with Crippen LogP contribution in [0.2, 0.25) is 0 Å². The molecule has 0 aliphatic rings. The van der Waals surface area contributed by atoms with Crippen molar-refractivity contribution in [2.75, 3.05) is 4.90 Å². The lowest BCUT2D eigenvalue weighted by Crippen LogP contribution is -2.11. The molecule has 10 rings (SSSR count). The largest absolute Gasteiger partial charge is 0.456 e. The molecule has 0 aliphatic carbocycles. The smallest absolute Gasteiger partial charge is 0.135 e. The van der Waals surface area contributed by atoms with Gasteiger partial charge in [-0.2, -0.15) is 0 Å². The molecule has 2 heteroatoms. The van der Waals surface area contributed by atoms with E-state index >= 15 is 0 Å². The van der Waals surface area contributed by atoms with Gasteiger partial charge in [0.1, 0.15) is 11.3 Å². The Morgan fingerprint density at radius 1 is 0.327 bits per heavy atom. The molecule has 52 heavy (non-hydrogen) atoms. The Bertz CT molecular complexity index is 2890. The Morgan fingerprint density at radius 2 is 0.942 bits per heavy atom. The molecule has 2 nitrogen and oxygen atoms in total. The highest BCUT2D eigenvalue weighted by atomic mass is 16.3. The van der Waals surface area contributed by atoms with E-state index in [0.29, 0.717) is 0 Å². The van der Waals surface area contributed by atoms with Gasteiger partial charge >= 0.3 is 0 Å². The van der Waals surface area contributed by atoms with Crippen molar-refractivity contribution in [3.8, 4) is 33.6 Å².